The lowest BCUT2D eigenvalue weighted by Crippen LogP contribution is -1.88. The normalized spacial score (nSPS) is 10.7. The van der Waals surface area contributed by atoms with Gasteiger partial charge in [0.15, 0.2) is 5.69 Å². The van der Waals surface area contributed by atoms with Crippen molar-refractivity contribution in [1.29, 1.82) is 0 Å². The molecule has 0 saturated heterocycles. The minimum absolute atomic E-state index is 0.0246. The molecule has 0 bridgehead atoms. The van der Waals surface area contributed by atoms with Crippen LogP contribution < -0.4 is 0 Å². The van der Waals surface area contributed by atoms with Crippen LogP contribution in [0.4, 0.5) is 5.69 Å². The molecule has 6 nitrogen and oxygen atoms in total. The van der Waals surface area contributed by atoms with Crippen LogP contribution in [0.3, 0.4) is 0 Å². The molecule has 1 heterocycles. The molecule has 14 heavy (non-hydrogen) atoms. The van der Waals surface area contributed by atoms with E-state index in [0.29, 0.717) is 12.3 Å². The van der Waals surface area contributed by atoms with E-state index in [-0.39, 0.29) is 5.69 Å². The molecule has 0 aliphatic heterocycles. The Morgan fingerprint density at radius 3 is 3.07 bits per heavy atom. The number of nitro groups is 1. The van der Waals surface area contributed by atoms with E-state index >= 15 is 0 Å². The molecule has 1 aromatic heterocycles. The Hall–Kier alpha value is -1.85. The van der Waals surface area contributed by atoms with Gasteiger partial charge in [-0.3, -0.25) is 14.8 Å². The van der Waals surface area contributed by atoms with E-state index in [2.05, 4.69) is 5.10 Å². The second-order valence-corrected chi connectivity index (χ2v) is 2.59. The van der Waals surface area contributed by atoms with E-state index in [1.165, 1.54) is 23.2 Å². The number of nitrogens with zero attached hydrogens (tertiary/aromatic N) is 3. The summed E-state index contributed by atoms with van der Waals surface area (Å²) in [5, 5.41) is 14.5. The van der Waals surface area contributed by atoms with Gasteiger partial charge in [-0.25, -0.2) is 0 Å². The summed E-state index contributed by atoms with van der Waals surface area (Å²) < 4.78 is 6.32. The van der Waals surface area contributed by atoms with E-state index in [9.17, 15) is 10.1 Å². The van der Waals surface area contributed by atoms with Crippen LogP contribution in [-0.4, -0.2) is 21.3 Å². The van der Waals surface area contributed by atoms with Crippen molar-refractivity contribution < 1.29 is 9.66 Å². The number of hydrogen-bond donors (Lipinski definition) is 0. The molecular weight excluding hydrogens is 186 g/mol. The Morgan fingerprint density at radius 1 is 1.79 bits per heavy atom. The average Bonchev–Trinajstić information content (AvgIpc) is 2.47. The van der Waals surface area contributed by atoms with Crippen LogP contribution in [0.1, 0.15) is 12.6 Å². The van der Waals surface area contributed by atoms with Gasteiger partial charge in [0, 0.05) is 13.1 Å². The molecule has 1 rings (SSSR count). The molecule has 0 aromatic carbocycles. The summed E-state index contributed by atoms with van der Waals surface area (Å²) in [4.78, 5) is 10.1. The van der Waals surface area contributed by atoms with Gasteiger partial charge in [-0.05, 0) is 6.92 Å². The van der Waals surface area contributed by atoms with Crippen molar-refractivity contribution in [3.63, 3.8) is 0 Å². The molecule has 0 N–H and O–H groups in total. The second kappa shape index (κ2) is 4.40. The first-order chi connectivity index (χ1) is 6.65. The van der Waals surface area contributed by atoms with Crippen molar-refractivity contribution in [2.45, 2.75) is 6.92 Å². The van der Waals surface area contributed by atoms with Crippen LogP contribution in [-0.2, 0) is 11.8 Å². The molecule has 0 radical (unpaired) electrons. The van der Waals surface area contributed by atoms with Crippen LogP contribution in [0.15, 0.2) is 12.5 Å². The zero-order valence-corrected chi connectivity index (χ0v) is 8.01. The largest absolute Gasteiger partial charge is 0.501 e. The Labute approximate surface area is 80.9 Å². The SMILES string of the molecule is CCO/C=C/c1nn(C)cc1[N+](=O)[O-]. The maximum Gasteiger partial charge on any atom is 0.314 e. The predicted molar refractivity (Wildman–Crippen MR) is 50.5 cm³/mol. The quantitative estimate of drug-likeness (QED) is 0.415. The van der Waals surface area contributed by atoms with E-state index in [1.807, 2.05) is 6.92 Å². The number of hydrogen-bond acceptors (Lipinski definition) is 4. The van der Waals surface area contributed by atoms with Gasteiger partial charge < -0.3 is 4.74 Å². The standard InChI is InChI=1S/C8H11N3O3/c1-3-14-5-4-7-8(11(12)13)6-10(2)9-7/h4-6H,3H2,1-2H3/b5-4+. The van der Waals surface area contributed by atoms with E-state index < -0.39 is 4.92 Å². The first-order valence-electron chi connectivity index (χ1n) is 4.11. The van der Waals surface area contributed by atoms with Crippen LogP contribution in [0.2, 0.25) is 0 Å². The van der Waals surface area contributed by atoms with Gasteiger partial charge in [-0.2, -0.15) is 5.10 Å². The van der Waals surface area contributed by atoms with Crippen LogP contribution in [0.25, 0.3) is 6.08 Å². The zero-order valence-electron chi connectivity index (χ0n) is 8.01. The van der Waals surface area contributed by atoms with E-state index in [0.717, 1.165) is 0 Å². The van der Waals surface area contributed by atoms with Gasteiger partial charge in [0.25, 0.3) is 0 Å². The number of aromatic nitrogens is 2. The molecule has 0 amide bonds. The smallest absolute Gasteiger partial charge is 0.314 e. The van der Waals surface area contributed by atoms with E-state index in [1.54, 1.807) is 7.05 Å². The van der Waals surface area contributed by atoms with Crippen LogP contribution in [0, 0.1) is 10.1 Å². The molecule has 0 atom stereocenters. The molecule has 0 saturated carbocycles. The maximum absolute atomic E-state index is 10.5. The van der Waals surface area contributed by atoms with Gasteiger partial charge in [0.1, 0.15) is 6.20 Å². The highest BCUT2D eigenvalue weighted by Gasteiger charge is 2.15. The lowest BCUT2D eigenvalue weighted by Gasteiger charge is -1.90. The average molecular weight is 197 g/mol. The Morgan fingerprint density at radius 2 is 2.50 bits per heavy atom. The first-order valence-corrected chi connectivity index (χ1v) is 4.11. The lowest BCUT2D eigenvalue weighted by molar-refractivity contribution is -0.385. The van der Waals surface area contributed by atoms with E-state index in [4.69, 9.17) is 4.74 Å². The Kier molecular flexibility index (Phi) is 3.22. The van der Waals surface area contributed by atoms with Crippen molar-refractivity contribution >= 4 is 11.8 Å². The third-order valence-electron chi connectivity index (χ3n) is 1.52. The molecule has 0 fully saturated rings. The lowest BCUT2D eigenvalue weighted by atomic mass is 10.4. The maximum atomic E-state index is 10.5. The highest BCUT2D eigenvalue weighted by atomic mass is 16.6. The van der Waals surface area contributed by atoms with Gasteiger partial charge in [0.05, 0.1) is 17.8 Å². The minimum atomic E-state index is -0.474. The molecule has 76 valence electrons. The first kappa shape index (κ1) is 10.2. The number of ether oxygens (including phenoxy) is 1. The molecule has 1 aromatic rings. The van der Waals surface area contributed by atoms with Gasteiger partial charge in [-0.15, -0.1) is 0 Å². The fraction of sp³-hybridized carbons (Fsp3) is 0.375. The minimum Gasteiger partial charge on any atom is -0.501 e. The summed E-state index contributed by atoms with van der Waals surface area (Å²) in [6.45, 7) is 2.36. The van der Waals surface area contributed by atoms with Crippen LogP contribution in [0.5, 0.6) is 0 Å². The molecular formula is C8H11N3O3. The van der Waals surface area contributed by atoms with Gasteiger partial charge >= 0.3 is 5.69 Å². The van der Waals surface area contributed by atoms with Gasteiger partial charge in [0.2, 0.25) is 0 Å². The summed E-state index contributed by atoms with van der Waals surface area (Å²) in [7, 11) is 1.63. The van der Waals surface area contributed by atoms with Crippen molar-refractivity contribution in [2.24, 2.45) is 7.05 Å². The zero-order chi connectivity index (χ0) is 10.6. The molecule has 0 aliphatic rings. The third kappa shape index (κ3) is 2.32. The fourth-order valence-corrected chi connectivity index (χ4v) is 0.961. The molecule has 6 heteroatoms. The molecule has 0 aliphatic carbocycles. The number of rotatable bonds is 4. The predicted octanol–water partition coefficient (Wildman–Crippen LogP) is 1.34. The second-order valence-electron chi connectivity index (χ2n) is 2.59. The molecule has 0 unspecified atom stereocenters. The molecule has 0 spiro atoms. The number of aryl methyl sites for hydroxylation is 1. The summed E-state index contributed by atoms with van der Waals surface area (Å²) in [6.07, 6.45) is 4.22. The summed E-state index contributed by atoms with van der Waals surface area (Å²) >= 11 is 0. The third-order valence-corrected chi connectivity index (χ3v) is 1.52. The van der Waals surface area contributed by atoms with Crippen LogP contribution >= 0.6 is 0 Å². The van der Waals surface area contributed by atoms with Crippen molar-refractivity contribution in [1.82, 2.24) is 9.78 Å². The monoisotopic (exact) mass is 197 g/mol. The van der Waals surface area contributed by atoms with Crippen molar-refractivity contribution in [2.75, 3.05) is 6.61 Å². The highest BCUT2D eigenvalue weighted by Crippen LogP contribution is 2.17. The van der Waals surface area contributed by atoms with Crippen molar-refractivity contribution in [3.05, 3.63) is 28.3 Å². The summed E-state index contributed by atoms with van der Waals surface area (Å²) in [5.41, 5.74) is 0.273. The Balaban J connectivity index is 2.89. The summed E-state index contributed by atoms with van der Waals surface area (Å²) in [5.74, 6) is 0. The Bertz CT molecular complexity index is 357. The summed E-state index contributed by atoms with van der Waals surface area (Å²) in [6, 6.07) is 0. The van der Waals surface area contributed by atoms with Crippen molar-refractivity contribution in [3.8, 4) is 0 Å². The topological polar surface area (TPSA) is 70.2 Å². The highest BCUT2D eigenvalue weighted by molar-refractivity contribution is 5.55. The van der Waals surface area contributed by atoms with Gasteiger partial charge in [-0.1, -0.05) is 0 Å². The fourth-order valence-electron chi connectivity index (χ4n) is 0.961.